The largest absolute Gasteiger partial charge is 0.497 e. The predicted molar refractivity (Wildman–Crippen MR) is 169 cm³/mol. The van der Waals surface area contributed by atoms with Gasteiger partial charge in [-0.1, -0.05) is 23.4 Å². The number of benzene rings is 1. The first-order valence-electron chi connectivity index (χ1n) is 14.2. The van der Waals surface area contributed by atoms with Crippen molar-refractivity contribution < 1.29 is 43.4 Å². The van der Waals surface area contributed by atoms with Crippen molar-refractivity contribution in [2.45, 2.75) is 30.1 Å². The highest BCUT2D eigenvalue weighted by atomic mass is 32.2. The number of Topliss-reactive ketones (excluding diaryl/α,β-unsaturated/α-hetero) is 1. The van der Waals surface area contributed by atoms with Crippen molar-refractivity contribution in [2.24, 2.45) is 11.1 Å². The number of hydrogen-bond acceptors (Lipinski definition) is 13. The van der Waals surface area contributed by atoms with Crippen LogP contribution in [0.1, 0.15) is 11.3 Å². The Balaban J connectivity index is 1.35. The first kappa shape index (κ1) is 32.6. The van der Waals surface area contributed by atoms with Crippen molar-refractivity contribution in [3.05, 3.63) is 64.2 Å². The molecule has 5 N–H and O–H groups in total. The van der Waals surface area contributed by atoms with Crippen LogP contribution in [0.15, 0.2) is 58.1 Å². The number of esters is 1. The van der Waals surface area contributed by atoms with Gasteiger partial charge in [-0.25, -0.2) is 9.78 Å². The second-order valence-corrected chi connectivity index (χ2v) is 13.4. The van der Waals surface area contributed by atoms with Gasteiger partial charge in [0.15, 0.2) is 16.6 Å². The number of allylic oxidation sites excluding steroid dienone is 1. The topological polar surface area (TPSA) is 183 Å². The van der Waals surface area contributed by atoms with Gasteiger partial charge in [-0.05, 0) is 29.3 Å². The number of carbonyl (C=O) groups is 3. The number of likely N-dealkylation sites (tertiary alicyclic amines) is 1. The molecule has 1 saturated heterocycles. The maximum atomic E-state index is 13.6. The Bertz CT molecular complexity index is 1530. The minimum atomic E-state index is -0.863. The van der Waals surface area contributed by atoms with E-state index in [1.165, 1.54) is 18.9 Å². The van der Waals surface area contributed by atoms with Crippen LogP contribution in [0.5, 0.6) is 5.75 Å². The van der Waals surface area contributed by atoms with Crippen LogP contribution in [0.4, 0.5) is 5.13 Å². The predicted octanol–water partition coefficient (Wildman–Crippen LogP) is 0.662. The van der Waals surface area contributed by atoms with Crippen LogP contribution >= 0.6 is 23.1 Å². The molecule has 2 aromatic rings. The summed E-state index contributed by atoms with van der Waals surface area (Å²) in [5.41, 5.74) is 7.51. The van der Waals surface area contributed by atoms with E-state index in [4.69, 9.17) is 20.0 Å². The first-order chi connectivity index (χ1) is 21.5. The zero-order valence-corrected chi connectivity index (χ0v) is 26.7. The average molecular weight is 659 g/mol. The van der Waals surface area contributed by atoms with Gasteiger partial charge in [0.1, 0.15) is 56.5 Å². The van der Waals surface area contributed by atoms with Crippen LogP contribution in [0.3, 0.4) is 0 Å². The number of quaternary nitrogens is 1. The number of hydrogen-bond donors (Lipinski definition) is 4. The number of amides is 1. The Morgan fingerprint density at radius 1 is 1.20 bits per heavy atom. The number of nitrogens with zero attached hydrogens (tertiary/aromatic N) is 3. The Hall–Kier alpha value is -3.76. The molecule has 240 valence electrons. The molecule has 1 saturated carbocycles. The minimum absolute atomic E-state index is 0.000553. The maximum Gasteiger partial charge on any atom is 0.335 e. The lowest BCUT2D eigenvalue weighted by Crippen LogP contribution is -2.65. The Morgan fingerprint density at radius 3 is 2.53 bits per heavy atom. The summed E-state index contributed by atoms with van der Waals surface area (Å²) in [6.07, 6.45) is 2.13. The number of ketones is 1. The van der Waals surface area contributed by atoms with Gasteiger partial charge < -0.3 is 40.1 Å². The number of nitrogens with two attached hydrogens (primary N) is 1. The van der Waals surface area contributed by atoms with Crippen LogP contribution in [0.2, 0.25) is 0 Å². The molecule has 1 amide bonds. The SMILES string of the molecule is CO/N=C(\C(=O)N[C@@H]1C(=O)C2C(C(=O)OCc3ccc(OC)cc3)=C(/C=C/C[N+]3(C)C[C@H](O)[C@@H](O)C3)CS[C@@H]21)c1csc(N)n1. The first-order valence-corrected chi connectivity index (χ1v) is 16.1. The molecule has 45 heavy (non-hydrogen) atoms. The molecule has 3 aliphatic rings. The van der Waals surface area contributed by atoms with Crippen LogP contribution in [0.25, 0.3) is 0 Å². The van der Waals surface area contributed by atoms with E-state index in [2.05, 4.69) is 15.5 Å². The molecule has 5 rings (SSSR count). The summed E-state index contributed by atoms with van der Waals surface area (Å²) in [6, 6.07) is 6.25. The summed E-state index contributed by atoms with van der Waals surface area (Å²) in [6.45, 7) is 1.32. The van der Waals surface area contributed by atoms with E-state index >= 15 is 0 Å². The molecule has 0 spiro atoms. The number of rotatable bonds is 11. The van der Waals surface area contributed by atoms with Gasteiger partial charge in [0.05, 0.1) is 32.2 Å². The number of ether oxygens (including phenoxy) is 2. The third-order valence-electron chi connectivity index (χ3n) is 8.12. The molecule has 2 aliphatic heterocycles. The molecule has 5 atom stereocenters. The Labute approximate surface area is 268 Å². The molecule has 13 nitrogen and oxygen atoms in total. The van der Waals surface area contributed by atoms with Crippen molar-refractivity contribution in [2.75, 3.05) is 52.4 Å². The van der Waals surface area contributed by atoms with Gasteiger partial charge in [-0.2, -0.15) is 11.8 Å². The van der Waals surface area contributed by atoms with E-state index in [0.29, 0.717) is 41.2 Å². The van der Waals surface area contributed by atoms with Crippen molar-refractivity contribution in [3.63, 3.8) is 0 Å². The van der Waals surface area contributed by atoms with Gasteiger partial charge >= 0.3 is 5.97 Å². The van der Waals surface area contributed by atoms with Crippen molar-refractivity contribution in [1.82, 2.24) is 10.3 Å². The molecular formula is C30H36N5O8S2+. The molecule has 3 heterocycles. The third-order valence-corrected chi connectivity index (χ3v) is 10.2. The van der Waals surface area contributed by atoms with Gasteiger partial charge in [-0.15, -0.1) is 11.3 Å². The molecule has 0 bridgehead atoms. The molecule has 1 aromatic carbocycles. The smallest absolute Gasteiger partial charge is 0.335 e. The van der Waals surface area contributed by atoms with Crippen molar-refractivity contribution in [1.29, 1.82) is 0 Å². The number of fused-ring (bicyclic) bond motifs is 1. The number of likely N-dealkylation sites (N-methyl/N-ethyl adjacent to an activating group) is 1. The monoisotopic (exact) mass is 658 g/mol. The molecular weight excluding hydrogens is 622 g/mol. The number of aliphatic hydroxyl groups is 2. The lowest BCUT2D eigenvalue weighted by atomic mass is 9.71. The standard InChI is InChI=1S/C30H35N5O8S2/c1-35(11-20(36)21(37)12-35)10-4-5-17-14-44-27-23(22(17)29(40)43-13-16-6-8-18(41-2)9-7-16)26(38)25(27)33-28(39)24(34-42-3)19-15-45-30(31)32-19/h4-9,15,20-21,23,25,27,36-37H,10-14H2,1-3H3,(H2-,31,32,33,39)/p+1/b5-4+,34-24-/t20-,21-,23?,25+,27-/m0/s1. The summed E-state index contributed by atoms with van der Waals surface area (Å²) in [4.78, 5) is 49.3. The fourth-order valence-electron chi connectivity index (χ4n) is 5.77. The summed E-state index contributed by atoms with van der Waals surface area (Å²) in [5.74, 6) is -1.28. The number of thioether (sulfide) groups is 1. The Morgan fingerprint density at radius 2 is 1.91 bits per heavy atom. The quantitative estimate of drug-likeness (QED) is 0.115. The summed E-state index contributed by atoms with van der Waals surface area (Å²) in [5, 5.41) is 28.0. The van der Waals surface area contributed by atoms with E-state index in [9.17, 15) is 24.6 Å². The molecule has 15 heteroatoms. The molecule has 2 fully saturated rings. The number of methoxy groups -OCH3 is 1. The number of anilines is 1. The van der Waals surface area contributed by atoms with Crippen LogP contribution in [-0.2, 0) is 30.6 Å². The van der Waals surface area contributed by atoms with E-state index in [1.54, 1.807) is 36.8 Å². The summed E-state index contributed by atoms with van der Waals surface area (Å²) >= 11 is 2.61. The van der Waals surface area contributed by atoms with Gasteiger partial charge in [0, 0.05) is 16.4 Å². The zero-order valence-electron chi connectivity index (χ0n) is 25.0. The summed E-state index contributed by atoms with van der Waals surface area (Å²) in [7, 11) is 4.80. The van der Waals surface area contributed by atoms with Crippen LogP contribution in [-0.4, -0.2) is 113 Å². The number of aliphatic hydroxyl groups excluding tert-OH is 2. The number of nitrogens with one attached hydrogen (secondary N) is 1. The van der Waals surface area contributed by atoms with E-state index in [-0.39, 0.29) is 34.5 Å². The second kappa shape index (κ2) is 13.7. The zero-order chi connectivity index (χ0) is 32.3. The average Bonchev–Trinajstić information content (AvgIpc) is 3.57. The molecule has 1 aliphatic carbocycles. The number of aromatic nitrogens is 1. The minimum Gasteiger partial charge on any atom is -0.497 e. The fourth-order valence-corrected chi connectivity index (χ4v) is 7.80. The van der Waals surface area contributed by atoms with Crippen molar-refractivity contribution in [3.8, 4) is 5.75 Å². The number of carbonyl (C=O) groups excluding carboxylic acids is 3. The molecule has 0 radical (unpaired) electrons. The summed E-state index contributed by atoms with van der Waals surface area (Å²) < 4.78 is 11.3. The number of thiazole rings is 1. The Kier molecular flexibility index (Phi) is 9.94. The van der Waals surface area contributed by atoms with E-state index < -0.39 is 41.3 Å². The maximum absolute atomic E-state index is 13.6. The van der Waals surface area contributed by atoms with E-state index in [0.717, 1.165) is 16.9 Å². The van der Waals surface area contributed by atoms with Crippen molar-refractivity contribution >= 4 is 51.6 Å². The normalized spacial score (nSPS) is 25.9. The fraction of sp³-hybridized carbons (Fsp3) is 0.433. The molecule has 1 aromatic heterocycles. The number of nitrogen functional groups attached to an aromatic ring is 1. The van der Waals surface area contributed by atoms with Crippen LogP contribution < -0.4 is 15.8 Å². The van der Waals surface area contributed by atoms with E-state index in [1.807, 2.05) is 19.2 Å². The van der Waals surface area contributed by atoms with Crippen LogP contribution in [0, 0.1) is 5.92 Å². The van der Waals surface area contributed by atoms with Gasteiger partial charge in [-0.3, -0.25) is 9.59 Å². The van der Waals surface area contributed by atoms with Gasteiger partial charge in [0.2, 0.25) is 0 Å². The highest BCUT2D eigenvalue weighted by Crippen LogP contribution is 2.46. The third kappa shape index (κ3) is 7.07. The van der Waals surface area contributed by atoms with Gasteiger partial charge in [0.25, 0.3) is 5.91 Å². The second-order valence-electron chi connectivity index (χ2n) is 11.4. The highest BCUT2D eigenvalue weighted by Gasteiger charge is 2.56. The lowest BCUT2D eigenvalue weighted by Gasteiger charge is -2.46. The lowest BCUT2D eigenvalue weighted by molar-refractivity contribution is -0.894. The number of oxime groups is 1. The molecule has 1 unspecified atom stereocenters. The highest BCUT2D eigenvalue weighted by molar-refractivity contribution is 8.00.